The minimum Gasteiger partial charge on any atom is -0.339 e. The van der Waals surface area contributed by atoms with Gasteiger partial charge in [0.1, 0.15) is 0 Å². The highest BCUT2D eigenvalue weighted by Gasteiger charge is 2.28. The number of thiazole rings is 1. The molecule has 3 aromatic rings. The van der Waals surface area contributed by atoms with Crippen LogP contribution in [0.1, 0.15) is 34.5 Å². The second-order valence-corrected chi connectivity index (χ2v) is 10.3. The van der Waals surface area contributed by atoms with Crippen molar-refractivity contribution in [1.29, 1.82) is 0 Å². The Bertz CT molecular complexity index is 1180. The zero-order valence-electron chi connectivity index (χ0n) is 19.7. The average Bonchev–Trinajstić information content (AvgIpc) is 3.30. The van der Waals surface area contributed by atoms with Crippen molar-refractivity contribution in [1.82, 2.24) is 14.8 Å². The molecule has 6 nitrogen and oxygen atoms in total. The summed E-state index contributed by atoms with van der Waals surface area (Å²) in [5, 5.41) is 3.76. The van der Waals surface area contributed by atoms with Gasteiger partial charge in [0.05, 0.1) is 5.69 Å². The lowest BCUT2D eigenvalue weighted by Crippen LogP contribution is -2.40. The van der Waals surface area contributed by atoms with Crippen molar-refractivity contribution >= 4 is 34.4 Å². The number of benzene rings is 2. The Balaban J connectivity index is 1.10. The third kappa shape index (κ3) is 6.05. The van der Waals surface area contributed by atoms with Gasteiger partial charge in [0.15, 0.2) is 5.13 Å². The van der Waals surface area contributed by atoms with E-state index in [-0.39, 0.29) is 17.7 Å². The summed E-state index contributed by atoms with van der Waals surface area (Å²) in [6, 6.07) is 20.3. The first-order valence-corrected chi connectivity index (χ1v) is 13.0. The maximum atomic E-state index is 12.9. The number of fused-ring (bicyclic) bond motifs is 1. The molecule has 2 aliphatic rings. The molecule has 2 amide bonds. The zero-order chi connectivity index (χ0) is 24.0. The first-order chi connectivity index (χ1) is 17.1. The van der Waals surface area contributed by atoms with Gasteiger partial charge in [-0.3, -0.25) is 14.5 Å². The highest BCUT2D eigenvalue weighted by Crippen LogP contribution is 2.30. The quantitative estimate of drug-likeness (QED) is 0.518. The number of likely N-dealkylation sites (tertiary alicyclic amines) is 1. The molecule has 5 rings (SSSR count). The molecule has 1 fully saturated rings. The van der Waals surface area contributed by atoms with Crippen LogP contribution in [0.5, 0.6) is 0 Å². The van der Waals surface area contributed by atoms with Gasteiger partial charge in [0, 0.05) is 56.0 Å². The van der Waals surface area contributed by atoms with Gasteiger partial charge in [-0.05, 0) is 30.0 Å². The van der Waals surface area contributed by atoms with Gasteiger partial charge in [-0.1, -0.05) is 60.7 Å². The van der Waals surface area contributed by atoms with Crippen molar-refractivity contribution in [3.8, 4) is 0 Å². The van der Waals surface area contributed by atoms with E-state index in [9.17, 15) is 9.59 Å². The molecule has 1 aromatic heterocycles. The third-order valence-corrected chi connectivity index (χ3v) is 7.68. The lowest BCUT2D eigenvalue weighted by atomic mass is 9.96. The smallest absolute Gasteiger partial charge is 0.246 e. The highest BCUT2D eigenvalue weighted by molar-refractivity contribution is 7.15. The van der Waals surface area contributed by atoms with Crippen molar-refractivity contribution < 1.29 is 9.59 Å². The molecule has 3 heterocycles. The number of nitrogens with zero attached hydrogens (tertiary/aromatic N) is 3. The van der Waals surface area contributed by atoms with Crippen molar-refractivity contribution in [2.24, 2.45) is 5.92 Å². The first-order valence-electron chi connectivity index (χ1n) is 12.2. The third-order valence-electron chi connectivity index (χ3n) is 6.68. The summed E-state index contributed by atoms with van der Waals surface area (Å²) < 4.78 is 0. The van der Waals surface area contributed by atoms with Crippen LogP contribution < -0.4 is 5.32 Å². The Morgan fingerprint density at radius 2 is 1.71 bits per heavy atom. The molecule has 0 spiro atoms. The van der Waals surface area contributed by atoms with E-state index >= 15 is 0 Å². The Morgan fingerprint density at radius 1 is 1.00 bits per heavy atom. The lowest BCUT2D eigenvalue weighted by molar-refractivity contribution is -0.130. The largest absolute Gasteiger partial charge is 0.339 e. The van der Waals surface area contributed by atoms with E-state index in [4.69, 9.17) is 4.98 Å². The van der Waals surface area contributed by atoms with Crippen LogP contribution in [0.3, 0.4) is 0 Å². The number of hydrogen-bond acceptors (Lipinski definition) is 5. The van der Waals surface area contributed by atoms with Gasteiger partial charge < -0.3 is 10.2 Å². The molecule has 0 saturated carbocycles. The molecule has 0 unspecified atom stereocenters. The maximum Gasteiger partial charge on any atom is 0.246 e. The number of carbonyl (C=O) groups is 2. The minimum absolute atomic E-state index is 0.000340. The summed E-state index contributed by atoms with van der Waals surface area (Å²) in [6.45, 7) is 3.97. The number of aromatic nitrogens is 1. The number of carbonyl (C=O) groups excluding carboxylic acids is 2. The molecule has 180 valence electrons. The van der Waals surface area contributed by atoms with Crippen LogP contribution in [-0.4, -0.2) is 46.2 Å². The average molecular weight is 487 g/mol. The van der Waals surface area contributed by atoms with Crippen molar-refractivity contribution in [2.75, 3.05) is 25.0 Å². The number of nitrogens with one attached hydrogen (secondary N) is 1. The lowest BCUT2D eigenvalue weighted by Gasteiger charge is -2.30. The summed E-state index contributed by atoms with van der Waals surface area (Å²) in [5.41, 5.74) is 3.43. The van der Waals surface area contributed by atoms with Crippen LogP contribution in [0.15, 0.2) is 66.7 Å². The molecule has 0 radical (unpaired) electrons. The second-order valence-electron chi connectivity index (χ2n) is 9.17. The van der Waals surface area contributed by atoms with Gasteiger partial charge in [0.2, 0.25) is 11.8 Å². The fraction of sp³-hybridized carbons (Fsp3) is 0.321. The van der Waals surface area contributed by atoms with Gasteiger partial charge in [-0.15, -0.1) is 11.3 Å². The van der Waals surface area contributed by atoms with E-state index < -0.39 is 0 Å². The second kappa shape index (κ2) is 11.0. The summed E-state index contributed by atoms with van der Waals surface area (Å²) >= 11 is 1.59. The molecule has 35 heavy (non-hydrogen) atoms. The predicted octanol–water partition coefficient (Wildman–Crippen LogP) is 4.59. The normalized spacial score (nSPS) is 16.9. The molecule has 2 aromatic carbocycles. The summed E-state index contributed by atoms with van der Waals surface area (Å²) in [6.07, 6.45) is 5.72. The number of hydrogen-bond donors (Lipinski definition) is 1. The van der Waals surface area contributed by atoms with Crippen molar-refractivity contribution in [3.05, 3.63) is 88.4 Å². The van der Waals surface area contributed by atoms with Crippen LogP contribution in [0, 0.1) is 5.92 Å². The van der Waals surface area contributed by atoms with Gasteiger partial charge in [-0.25, -0.2) is 4.98 Å². The molecule has 1 N–H and O–H groups in total. The molecule has 7 heteroatoms. The van der Waals surface area contributed by atoms with Gasteiger partial charge in [0.25, 0.3) is 0 Å². The van der Waals surface area contributed by atoms with Crippen LogP contribution in [0.4, 0.5) is 5.13 Å². The number of piperidine rings is 1. The topological polar surface area (TPSA) is 65.5 Å². The number of rotatable bonds is 6. The zero-order valence-corrected chi connectivity index (χ0v) is 20.5. The first kappa shape index (κ1) is 23.5. The van der Waals surface area contributed by atoms with E-state index in [0.717, 1.165) is 37.3 Å². The van der Waals surface area contributed by atoms with Gasteiger partial charge >= 0.3 is 0 Å². The Hall–Kier alpha value is -3.29. The summed E-state index contributed by atoms with van der Waals surface area (Å²) in [7, 11) is 0. The van der Waals surface area contributed by atoms with E-state index in [1.54, 1.807) is 17.4 Å². The van der Waals surface area contributed by atoms with Crippen molar-refractivity contribution in [3.63, 3.8) is 0 Å². The van der Waals surface area contributed by atoms with E-state index in [1.807, 2.05) is 47.4 Å². The van der Waals surface area contributed by atoms with Crippen LogP contribution in [0.25, 0.3) is 6.08 Å². The molecule has 2 aliphatic heterocycles. The SMILES string of the molecule is O=C(Nc1nc2c(s1)CN(Cc1ccccc1)CC2)C1CCN(C(=O)/C=C/c2ccccc2)CC1. The fourth-order valence-electron chi connectivity index (χ4n) is 4.69. The Morgan fingerprint density at radius 3 is 2.46 bits per heavy atom. The standard InChI is InChI=1S/C28H30N4O2S/c33-26(12-11-21-7-3-1-4-8-21)32-17-13-23(14-18-32)27(34)30-28-29-24-15-16-31(20-25(24)35-28)19-22-9-5-2-6-10-22/h1-12,23H,13-20H2,(H,29,30,34)/b12-11+. The fourth-order valence-corrected chi connectivity index (χ4v) is 5.74. The molecule has 0 bridgehead atoms. The summed E-state index contributed by atoms with van der Waals surface area (Å²) in [5.74, 6) is -0.0720. The van der Waals surface area contributed by atoms with Crippen LogP contribution in [-0.2, 0) is 29.1 Å². The molecule has 0 atom stereocenters. The van der Waals surface area contributed by atoms with Crippen molar-refractivity contribution in [2.45, 2.75) is 32.4 Å². The molecule has 1 saturated heterocycles. The predicted molar refractivity (Wildman–Crippen MR) is 140 cm³/mol. The molecule has 0 aliphatic carbocycles. The van der Waals surface area contributed by atoms with E-state index in [1.165, 1.54) is 10.4 Å². The Kier molecular flexibility index (Phi) is 7.35. The van der Waals surface area contributed by atoms with Gasteiger partial charge in [-0.2, -0.15) is 0 Å². The summed E-state index contributed by atoms with van der Waals surface area (Å²) in [4.78, 5) is 35.6. The number of anilines is 1. The Labute approximate surface area is 210 Å². The molecular weight excluding hydrogens is 456 g/mol. The minimum atomic E-state index is -0.0901. The van der Waals surface area contributed by atoms with Crippen LogP contribution in [0.2, 0.25) is 0 Å². The molecular formula is C28H30N4O2S. The van der Waals surface area contributed by atoms with Crippen LogP contribution >= 0.6 is 11.3 Å². The van der Waals surface area contributed by atoms with E-state index in [2.05, 4.69) is 34.5 Å². The number of amides is 2. The monoisotopic (exact) mass is 486 g/mol. The maximum absolute atomic E-state index is 12.9. The van der Waals surface area contributed by atoms with E-state index in [0.29, 0.717) is 31.1 Å². The highest BCUT2D eigenvalue weighted by atomic mass is 32.1.